The summed E-state index contributed by atoms with van der Waals surface area (Å²) in [4.78, 5) is 4.74. The van der Waals surface area contributed by atoms with Gasteiger partial charge in [-0.2, -0.15) is 0 Å². The monoisotopic (exact) mass is 401 g/mol. The Bertz CT molecular complexity index is 1590. The van der Waals surface area contributed by atoms with Crippen LogP contribution in [0.15, 0.2) is 89.5 Å². The molecular weight excluding hydrogens is 378 g/mol. The first kappa shape index (κ1) is 18.1. The molecule has 2 heteroatoms. The summed E-state index contributed by atoms with van der Waals surface area (Å²) < 4.78 is 6.27. The molecule has 0 aliphatic carbocycles. The van der Waals surface area contributed by atoms with Crippen LogP contribution in [-0.4, -0.2) is 4.98 Å². The lowest BCUT2D eigenvalue weighted by Crippen LogP contribution is -1.94. The number of benzene rings is 4. The molecule has 0 spiro atoms. The van der Waals surface area contributed by atoms with E-state index in [0.29, 0.717) is 5.92 Å². The van der Waals surface area contributed by atoms with E-state index in [1.807, 2.05) is 6.20 Å². The zero-order valence-corrected chi connectivity index (χ0v) is 17.7. The Hall–Kier alpha value is -3.65. The normalized spacial score (nSPS) is 12.0. The fourth-order valence-electron chi connectivity index (χ4n) is 4.75. The first-order valence-electron chi connectivity index (χ1n) is 10.9. The molecule has 150 valence electrons. The van der Waals surface area contributed by atoms with E-state index in [-0.39, 0.29) is 0 Å². The summed E-state index contributed by atoms with van der Waals surface area (Å²) in [6.45, 7) is 4.52. The van der Waals surface area contributed by atoms with Gasteiger partial charge < -0.3 is 4.42 Å². The first-order valence-corrected chi connectivity index (χ1v) is 10.9. The van der Waals surface area contributed by atoms with Crippen LogP contribution in [0.25, 0.3) is 54.7 Å². The number of furan rings is 1. The Kier molecular flexibility index (Phi) is 4.07. The SMILES string of the molecule is CC(C)Cc1ccc2c(-c3ccc4c(c3)oc3ccc5ccccc5c34)nccc2c1. The summed E-state index contributed by atoms with van der Waals surface area (Å²) in [6.07, 6.45) is 3.00. The van der Waals surface area contributed by atoms with E-state index in [2.05, 4.69) is 92.7 Å². The van der Waals surface area contributed by atoms with Crippen LogP contribution in [0.3, 0.4) is 0 Å². The molecule has 0 bridgehead atoms. The zero-order chi connectivity index (χ0) is 20.9. The maximum atomic E-state index is 6.27. The molecule has 0 amide bonds. The van der Waals surface area contributed by atoms with Crippen LogP contribution in [0.4, 0.5) is 0 Å². The molecule has 0 unspecified atom stereocenters. The smallest absolute Gasteiger partial charge is 0.136 e. The Morgan fingerprint density at radius 3 is 2.52 bits per heavy atom. The van der Waals surface area contributed by atoms with Crippen LogP contribution in [0, 0.1) is 5.92 Å². The standard InChI is InChI=1S/C29H23NO/c1-18(2)15-19-7-10-24-21(16-19)13-14-30-29(24)22-8-11-25-27(17-22)31-26-12-9-20-5-3-4-6-23(20)28(25)26/h3-14,16-18H,15H2,1-2H3. The largest absolute Gasteiger partial charge is 0.456 e. The molecule has 0 saturated heterocycles. The van der Waals surface area contributed by atoms with Crippen LogP contribution in [0.1, 0.15) is 19.4 Å². The molecule has 0 aliphatic heterocycles. The fourth-order valence-corrected chi connectivity index (χ4v) is 4.75. The average Bonchev–Trinajstić information content (AvgIpc) is 3.16. The lowest BCUT2D eigenvalue weighted by atomic mass is 9.97. The number of pyridine rings is 1. The molecule has 0 radical (unpaired) electrons. The van der Waals surface area contributed by atoms with Crippen molar-refractivity contribution >= 4 is 43.5 Å². The third-order valence-electron chi connectivity index (χ3n) is 6.11. The summed E-state index contributed by atoms with van der Waals surface area (Å²) >= 11 is 0. The van der Waals surface area contributed by atoms with Gasteiger partial charge in [0.05, 0.1) is 5.69 Å². The Morgan fingerprint density at radius 1 is 0.742 bits per heavy atom. The Balaban J connectivity index is 1.54. The third-order valence-corrected chi connectivity index (χ3v) is 6.11. The lowest BCUT2D eigenvalue weighted by molar-refractivity contribution is 0.648. The predicted octanol–water partition coefficient (Wildman–Crippen LogP) is 8.15. The van der Waals surface area contributed by atoms with E-state index in [1.165, 1.54) is 32.5 Å². The van der Waals surface area contributed by atoms with Crippen molar-refractivity contribution in [2.75, 3.05) is 0 Å². The summed E-state index contributed by atoms with van der Waals surface area (Å²) in [7, 11) is 0. The van der Waals surface area contributed by atoms with Crippen LogP contribution in [0.5, 0.6) is 0 Å². The summed E-state index contributed by atoms with van der Waals surface area (Å²) in [5.41, 5.74) is 5.28. The van der Waals surface area contributed by atoms with Crippen LogP contribution in [-0.2, 0) is 6.42 Å². The Morgan fingerprint density at radius 2 is 1.61 bits per heavy atom. The van der Waals surface area contributed by atoms with Crippen molar-refractivity contribution in [3.8, 4) is 11.3 Å². The number of nitrogens with zero attached hydrogens (tertiary/aromatic N) is 1. The highest BCUT2D eigenvalue weighted by molar-refractivity contribution is 6.19. The average molecular weight is 402 g/mol. The summed E-state index contributed by atoms with van der Waals surface area (Å²) in [6, 6.07) is 28.0. The third kappa shape index (κ3) is 2.98. The zero-order valence-electron chi connectivity index (χ0n) is 17.7. The van der Waals surface area contributed by atoms with E-state index < -0.39 is 0 Å². The minimum absolute atomic E-state index is 0.644. The van der Waals surface area contributed by atoms with Gasteiger partial charge in [-0.05, 0) is 58.3 Å². The van der Waals surface area contributed by atoms with Gasteiger partial charge in [0.1, 0.15) is 11.2 Å². The molecule has 2 nitrogen and oxygen atoms in total. The second-order valence-electron chi connectivity index (χ2n) is 8.79. The van der Waals surface area contributed by atoms with Crippen LogP contribution in [0.2, 0.25) is 0 Å². The molecule has 31 heavy (non-hydrogen) atoms. The van der Waals surface area contributed by atoms with Gasteiger partial charge in [0.2, 0.25) is 0 Å². The van der Waals surface area contributed by atoms with E-state index in [4.69, 9.17) is 9.40 Å². The quantitative estimate of drug-likeness (QED) is 0.299. The molecule has 6 rings (SSSR count). The number of hydrogen-bond acceptors (Lipinski definition) is 2. The molecule has 0 saturated carbocycles. The van der Waals surface area contributed by atoms with Crippen LogP contribution < -0.4 is 0 Å². The van der Waals surface area contributed by atoms with Gasteiger partial charge in [-0.1, -0.05) is 68.4 Å². The second kappa shape index (κ2) is 6.95. The van der Waals surface area contributed by atoms with E-state index in [0.717, 1.165) is 34.2 Å². The van der Waals surface area contributed by atoms with Crippen molar-refractivity contribution in [1.29, 1.82) is 0 Å². The van der Waals surface area contributed by atoms with Gasteiger partial charge >= 0.3 is 0 Å². The molecule has 2 aromatic heterocycles. The van der Waals surface area contributed by atoms with Crippen LogP contribution >= 0.6 is 0 Å². The van der Waals surface area contributed by atoms with Crippen molar-refractivity contribution in [1.82, 2.24) is 4.98 Å². The van der Waals surface area contributed by atoms with Crippen molar-refractivity contribution in [3.05, 3.63) is 90.6 Å². The lowest BCUT2D eigenvalue weighted by Gasteiger charge is -2.09. The van der Waals surface area contributed by atoms with Gasteiger partial charge in [0.25, 0.3) is 0 Å². The fraction of sp³-hybridized carbons (Fsp3) is 0.138. The summed E-state index contributed by atoms with van der Waals surface area (Å²) in [5, 5.41) is 7.20. The van der Waals surface area contributed by atoms with Gasteiger partial charge in [-0.15, -0.1) is 0 Å². The Labute approximate surface area is 181 Å². The maximum absolute atomic E-state index is 6.27. The van der Waals surface area contributed by atoms with E-state index >= 15 is 0 Å². The van der Waals surface area contributed by atoms with Crippen molar-refractivity contribution in [3.63, 3.8) is 0 Å². The molecule has 6 aromatic rings. The molecule has 0 N–H and O–H groups in total. The van der Waals surface area contributed by atoms with Crippen molar-refractivity contribution < 1.29 is 4.42 Å². The molecule has 0 fully saturated rings. The minimum atomic E-state index is 0.644. The molecule has 4 aromatic carbocycles. The van der Waals surface area contributed by atoms with Gasteiger partial charge in [0.15, 0.2) is 0 Å². The highest BCUT2D eigenvalue weighted by Gasteiger charge is 2.13. The van der Waals surface area contributed by atoms with Gasteiger partial charge in [-0.3, -0.25) is 4.98 Å². The number of fused-ring (bicyclic) bond motifs is 6. The van der Waals surface area contributed by atoms with E-state index in [1.54, 1.807) is 0 Å². The minimum Gasteiger partial charge on any atom is -0.456 e. The second-order valence-corrected chi connectivity index (χ2v) is 8.79. The first-order chi connectivity index (χ1) is 15.2. The van der Waals surface area contributed by atoms with Crippen molar-refractivity contribution in [2.24, 2.45) is 5.92 Å². The highest BCUT2D eigenvalue weighted by Crippen LogP contribution is 2.37. The molecule has 0 aliphatic rings. The highest BCUT2D eigenvalue weighted by atomic mass is 16.3. The topological polar surface area (TPSA) is 26.0 Å². The maximum Gasteiger partial charge on any atom is 0.136 e. The molecular formula is C29H23NO. The number of aromatic nitrogens is 1. The number of hydrogen-bond donors (Lipinski definition) is 0. The molecule has 0 atom stereocenters. The summed E-state index contributed by atoms with van der Waals surface area (Å²) in [5.74, 6) is 0.644. The molecule has 2 heterocycles. The predicted molar refractivity (Wildman–Crippen MR) is 131 cm³/mol. The number of rotatable bonds is 3. The van der Waals surface area contributed by atoms with Gasteiger partial charge in [-0.25, -0.2) is 0 Å². The van der Waals surface area contributed by atoms with Crippen molar-refractivity contribution in [2.45, 2.75) is 20.3 Å². The van der Waals surface area contributed by atoms with Gasteiger partial charge in [0, 0.05) is 27.9 Å². The van der Waals surface area contributed by atoms with E-state index in [9.17, 15) is 0 Å².